The van der Waals surface area contributed by atoms with Crippen molar-refractivity contribution in [2.75, 3.05) is 18.4 Å². The van der Waals surface area contributed by atoms with Crippen LogP contribution >= 0.6 is 15.9 Å². The van der Waals surface area contributed by atoms with E-state index in [4.69, 9.17) is 0 Å². The Bertz CT molecular complexity index is 922. The molecule has 0 radical (unpaired) electrons. The van der Waals surface area contributed by atoms with Crippen LogP contribution < -0.4 is 5.32 Å². The van der Waals surface area contributed by atoms with Gasteiger partial charge in [0, 0.05) is 28.8 Å². The lowest BCUT2D eigenvalue weighted by molar-refractivity contribution is 0.102. The van der Waals surface area contributed by atoms with Crippen molar-refractivity contribution in [1.82, 2.24) is 4.31 Å². The SMILES string of the molecule is CCN(CC)S(=O)(=O)c1ccc(C)c(C(=O)Nc2ccc(C)c(Br)c2)c1. The fraction of sp³-hybridized carbons (Fsp3) is 0.316. The fourth-order valence-corrected chi connectivity index (χ4v) is 4.45. The van der Waals surface area contributed by atoms with Gasteiger partial charge in [0.1, 0.15) is 0 Å². The summed E-state index contributed by atoms with van der Waals surface area (Å²) >= 11 is 3.44. The van der Waals surface area contributed by atoms with Crippen molar-refractivity contribution in [2.45, 2.75) is 32.6 Å². The summed E-state index contributed by atoms with van der Waals surface area (Å²) in [6, 6.07) is 10.2. The number of benzene rings is 2. The van der Waals surface area contributed by atoms with Crippen molar-refractivity contribution >= 4 is 37.5 Å². The molecule has 0 saturated carbocycles. The highest BCUT2D eigenvalue weighted by Crippen LogP contribution is 2.23. The number of carbonyl (C=O) groups is 1. The maximum atomic E-state index is 12.7. The van der Waals surface area contributed by atoms with Gasteiger partial charge in [-0.25, -0.2) is 8.42 Å². The van der Waals surface area contributed by atoms with Crippen molar-refractivity contribution in [3.63, 3.8) is 0 Å². The zero-order chi connectivity index (χ0) is 19.5. The Morgan fingerprint density at radius 2 is 1.65 bits per heavy atom. The van der Waals surface area contributed by atoms with Crippen molar-refractivity contribution in [1.29, 1.82) is 0 Å². The minimum atomic E-state index is -3.61. The maximum absolute atomic E-state index is 12.7. The minimum absolute atomic E-state index is 0.127. The van der Waals surface area contributed by atoms with Gasteiger partial charge in [-0.05, 0) is 49.2 Å². The molecule has 7 heteroatoms. The Morgan fingerprint density at radius 3 is 2.23 bits per heavy atom. The second-order valence-electron chi connectivity index (χ2n) is 5.98. The minimum Gasteiger partial charge on any atom is -0.322 e. The second kappa shape index (κ2) is 8.33. The van der Waals surface area contributed by atoms with E-state index < -0.39 is 10.0 Å². The van der Waals surface area contributed by atoms with Crippen molar-refractivity contribution in [3.05, 3.63) is 57.6 Å². The first-order valence-corrected chi connectivity index (χ1v) is 10.6. The molecule has 140 valence electrons. The van der Waals surface area contributed by atoms with Crippen LogP contribution in [0.4, 0.5) is 5.69 Å². The van der Waals surface area contributed by atoms with Crippen LogP contribution in [0.3, 0.4) is 0 Å². The lowest BCUT2D eigenvalue weighted by Gasteiger charge is -2.19. The number of hydrogen-bond donors (Lipinski definition) is 1. The van der Waals surface area contributed by atoms with Gasteiger partial charge < -0.3 is 5.32 Å². The summed E-state index contributed by atoms with van der Waals surface area (Å²) in [5.41, 5.74) is 2.76. The van der Waals surface area contributed by atoms with E-state index in [1.165, 1.54) is 10.4 Å². The van der Waals surface area contributed by atoms with Crippen LogP contribution in [0, 0.1) is 13.8 Å². The third kappa shape index (κ3) is 4.34. The molecule has 0 atom stereocenters. The van der Waals surface area contributed by atoms with Gasteiger partial charge in [-0.2, -0.15) is 4.31 Å². The Labute approximate surface area is 163 Å². The normalized spacial score (nSPS) is 11.6. The van der Waals surface area contributed by atoms with E-state index in [2.05, 4.69) is 21.2 Å². The summed E-state index contributed by atoms with van der Waals surface area (Å²) in [7, 11) is -3.61. The van der Waals surface area contributed by atoms with Crippen LogP contribution in [-0.2, 0) is 10.0 Å². The van der Waals surface area contributed by atoms with Crippen LogP contribution in [-0.4, -0.2) is 31.7 Å². The Balaban J connectivity index is 2.37. The molecule has 0 aliphatic heterocycles. The number of hydrogen-bond acceptors (Lipinski definition) is 3. The molecule has 0 fully saturated rings. The topological polar surface area (TPSA) is 66.5 Å². The second-order valence-corrected chi connectivity index (χ2v) is 8.78. The van der Waals surface area contributed by atoms with Crippen LogP contribution in [0.2, 0.25) is 0 Å². The molecule has 1 amide bonds. The van der Waals surface area contributed by atoms with Crippen LogP contribution in [0.1, 0.15) is 35.3 Å². The van der Waals surface area contributed by atoms with Gasteiger partial charge in [0.25, 0.3) is 5.91 Å². The van der Waals surface area contributed by atoms with Gasteiger partial charge in [-0.1, -0.05) is 41.9 Å². The molecule has 0 bridgehead atoms. The zero-order valence-corrected chi connectivity index (χ0v) is 17.7. The lowest BCUT2D eigenvalue weighted by atomic mass is 10.1. The lowest BCUT2D eigenvalue weighted by Crippen LogP contribution is -2.30. The number of aryl methyl sites for hydroxylation is 2. The third-order valence-electron chi connectivity index (χ3n) is 4.23. The van der Waals surface area contributed by atoms with E-state index in [0.717, 1.165) is 10.0 Å². The summed E-state index contributed by atoms with van der Waals surface area (Å²) < 4.78 is 27.7. The molecular weight excluding hydrogens is 416 g/mol. The van der Waals surface area contributed by atoms with E-state index >= 15 is 0 Å². The molecule has 1 N–H and O–H groups in total. The van der Waals surface area contributed by atoms with E-state index in [-0.39, 0.29) is 10.8 Å². The Hall–Kier alpha value is -1.70. The molecular formula is C19H23BrN2O3S. The maximum Gasteiger partial charge on any atom is 0.255 e. The molecule has 0 unspecified atom stereocenters. The molecule has 5 nitrogen and oxygen atoms in total. The van der Waals surface area contributed by atoms with Crippen LogP contribution in [0.5, 0.6) is 0 Å². The molecule has 0 spiro atoms. The number of rotatable bonds is 6. The standard InChI is InChI=1S/C19H23BrN2O3S/c1-5-22(6-2)26(24,25)16-10-8-13(3)17(12-16)19(23)21-15-9-7-14(4)18(20)11-15/h7-12H,5-6H2,1-4H3,(H,21,23). The molecule has 0 aromatic heterocycles. The summed E-state index contributed by atoms with van der Waals surface area (Å²) in [5, 5.41) is 2.83. The zero-order valence-electron chi connectivity index (χ0n) is 15.3. The number of nitrogens with one attached hydrogen (secondary N) is 1. The van der Waals surface area contributed by atoms with E-state index in [1.807, 2.05) is 25.1 Å². The molecule has 0 saturated heterocycles. The largest absolute Gasteiger partial charge is 0.322 e. The number of anilines is 1. The average molecular weight is 439 g/mol. The first-order valence-electron chi connectivity index (χ1n) is 8.39. The summed E-state index contributed by atoms with van der Waals surface area (Å²) in [5.74, 6) is -0.338. The molecule has 2 aromatic rings. The predicted octanol–water partition coefficient (Wildman–Crippen LogP) is 4.35. The number of sulfonamides is 1. The van der Waals surface area contributed by atoms with Gasteiger partial charge in [0.15, 0.2) is 0 Å². The Morgan fingerprint density at radius 1 is 1.04 bits per heavy atom. The van der Waals surface area contributed by atoms with Crippen LogP contribution in [0.25, 0.3) is 0 Å². The first kappa shape index (κ1) is 20.6. The number of carbonyl (C=O) groups excluding carboxylic acids is 1. The molecule has 2 aromatic carbocycles. The molecule has 0 heterocycles. The predicted molar refractivity (Wildman–Crippen MR) is 108 cm³/mol. The molecule has 0 aliphatic carbocycles. The summed E-state index contributed by atoms with van der Waals surface area (Å²) in [6.45, 7) is 8.09. The van der Waals surface area contributed by atoms with E-state index in [1.54, 1.807) is 32.9 Å². The first-order chi connectivity index (χ1) is 12.2. The molecule has 2 rings (SSSR count). The smallest absolute Gasteiger partial charge is 0.255 e. The average Bonchev–Trinajstić information content (AvgIpc) is 2.59. The van der Waals surface area contributed by atoms with Gasteiger partial charge >= 0.3 is 0 Å². The summed E-state index contributed by atoms with van der Waals surface area (Å²) in [4.78, 5) is 12.8. The van der Waals surface area contributed by atoms with Crippen molar-refractivity contribution in [2.24, 2.45) is 0 Å². The highest BCUT2D eigenvalue weighted by Gasteiger charge is 2.23. The molecule has 0 aliphatic rings. The van der Waals surface area contributed by atoms with E-state index in [0.29, 0.717) is 29.9 Å². The van der Waals surface area contributed by atoms with Gasteiger partial charge in [-0.3, -0.25) is 4.79 Å². The van der Waals surface area contributed by atoms with Gasteiger partial charge in [-0.15, -0.1) is 0 Å². The van der Waals surface area contributed by atoms with Crippen LogP contribution in [0.15, 0.2) is 45.8 Å². The quantitative estimate of drug-likeness (QED) is 0.728. The number of halogens is 1. The van der Waals surface area contributed by atoms with Gasteiger partial charge in [0.2, 0.25) is 10.0 Å². The highest BCUT2D eigenvalue weighted by molar-refractivity contribution is 9.10. The Kier molecular flexibility index (Phi) is 6.60. The van der Waals surface area contributed by atoms with Crippen molar-refractivity contribution in [3.8, 4) is 0 Å². The fourth-order valence-electron chi connectivity index (χ4n) is 2.59. The molecule has 26 heavy (non-hydrogen) atoms. The number of amides is 1. The number of nitrogens with zero attached hydrogens (tertiary/aromatic N) is 1. The van der Waals surface area contributed by atoms with Crippen molar-refractivity contribution < 1.29 is 13.2 Å². The van der Waals surface area contributed by atoms with Gasteiger partial charge in [0.05, 0.1) is 4.90 Å². The third-order valence-corrected chi connectivity index (χ3v) is 7.13. The summed E-state index contributed by atoms with van der Waals surface area (Å²) in [6.07, 6.45) is 0. The highest BCUT2D eigenvalue weighted by atomic mass is 79.9. The monoisotopic (exact) mass is 438 g/mol. The van der Waals surface area contributed by atoms with E-state index in [9.17, 15) is 13.2 Å².